The van der Waals surface area contributed by atoms with Gasteiger partial charge in [0.2, 0.25) is 5.91 Å². The van der Waals surface area contributed by atoms with E-state index in [2.05, 4.69) is 26.5 Å². The third-order valence-corrected chi connectivity index (χ3v) is 5.69. The predicted octanol–water partition coefficient (Wildman–Crippen LogP) is 3.51. The fourth-order valence-corrected chi connectivity index (χ4v) is 3.99. The molecule has 0 atom stereocenters. The monoisotopic (exact) mass is 394 g/mol. The first-order chi connectivity index (χ1) is 13.7. The van der Waals surface area contributed by atoms with Crippen molar-refractivity contribution < 1.29 is 9.53 Å². The standard InChI is InChI=1S/C21H22N4O2S/c1-15-6-2-5-9-18(15)22-19(26)14-28-21-17-8-4-3-7-16(17)20(23-24-21)25-10-12-27-13-11-25/h2-9H,10-14H2,1H3,(H,22,26). The molecule has 0 spiro atoms. The third kappa shape index (κ3) is 4.10. The second-order valence-corrected chi connectivity index (χ2v) is 7.59. The second kappa shape index (κ2) is 8.58. The molecule has 1 fully saturated rings. The quantitative estimate of drug-likeness (QED) is 0.668. The van der Waals surface area contributed by atoms with Crippen molar-refractivity contribution in [2.24, 2.45) is 0 Å². The van der Waals surface area contributed by atoms with Crippen LogP contribution in [0.2, 0.25) is 0 Å². The number of fused-ring (bicyclic) bond motifs is 1. The largest absolute Gasteiger partial charge is 0.378 e. The van der Waals surface area contributed by atoms with E-state index in [9.17, 15) is 4.79 Å². The van der Waals surface area contributed by atoms with Crippen molar-refractivity contribution in [2.45, 2.75) is 11.9 Å². The number of para-hydroxylation sites is 1. The Hall–Kier alpha value is -2.64. The van der Waals surface area contributed by atoms with Gasteiger partial charge in [0.25, 0.3) is 0 Å². The van der Waals surface area contributed by atoms with Crippen LogP contribution in [0.3, 0.4) is 0 Å². The minimum atomic E-state index is -0.0533. The Kier molecular flexibility index (Phi) is 5.73. The summed E-state index contributed by atoms with van der Waals surface area (Å²) in [6.07, 6.45) is 0. The molecule has 144 valence electrons. The molecule has 28 heavy (non-hydrogen) atoms. The molecule has 1 N–H and O–H groups in total. The van der Waals surface area contributed by atoms with Crippen molar-refractivity contribution in [1.82, 2.24) is 10.2 Å². The molecule has 1 saturated heterocycles. The molecule has 2 aromatic carbocycles. The molecule has 6 nitrogen and oxygen atoms in total. The van der Waals surface area contributed by atoms with Gasteiger partial charge >= 0.3 is 0 Å². The van der Waals surface area contributed by atoms with Crippen LogP contribution in [0, 0.1) is 6.92 Å². The maximum absolute atomic E-state index is 12.4. The van der Waals surface area contributed by atoms with Gasteiger partial charge in [-0.1, -0.05) is 54.2 Å². The van der Waals surface area contributed by atoms with Crippen molar-refractivity contribution in [2.75, 3.05) is 42.3 Å². The van der Waals surface area contributed by atoms with Crippen molar-refractivity contribution in [3.63, 3.8) is 0 Å². The van der Waals surface area contributed by atoms with Crippen molar-refractivity contribution in [1.29, 1.82) is 0 Å². The lowest BCUT2D eigenvalue weighted by Gasteiger charge is -2.28. The molecule has 2 heterocycles. The Balaban J connectivity index is 1.51. The molecule has 0 bridgehead atoms. The van der Waals surface area contributed by atoms with Crippen LogP contribution in [-0.4, -0.2) is 48.2 Å². The summed E-state index contributed by atoms with van der Waals surface area (Å²) in [7, 11) is 0. The summed E-state index contributed by atoms with van der Waals surface area (Å²) in [5.41, 5.74) is 1.88. The van der Waals surface area contributed by atoms with E-state index in [0.29, 0.717) is 13.2 Å². The topological polar surface area (TPSA) is 67.4 Å². The molecule has 1 aliphatic heterocycles. The molecule has 0 aliphatic carbocycles. The van der Waals surface area contributed by atoms with Gasteiger partial charge in [-0.25, -0.2) is 0 Å². The highest BCUT2D eigenvalue weighted by atomic mass is 32.2. The lowest BCUT2D eigenvalue weighted by atomic mass is 10.2. The molecule has 1 aromatic heterocycles. The number of aryl methyl sites for hydroxylation is 1. The van der Waals surface area contributed by atoms with E-state index in [1.165, 1.54) is 11.8 Å². The van der Waals surface area contributed by atoms with Crippen LogP contribution in [0.5, 0.6) is 0 Å². The zero-order valence-electron chi connectivity index (χ0n) is 15.7. The van der Waals surface area contributed by atoms with Gasteiger partial charge < -0.3 is 15.0 Å². The predicted molar refractivity (Wildman–Crippen MR) is 113 cm³/mol. The number of carbonyl (C=O) groups excluding carboxylic acids is 1. The highest BCUT2D eigenvalue weighted by Gasteiger charge is 2.18. The number of thioether (sulfide) groups is 1. The van der Waals surface area contributed by atoms with Crippen LogP contribution >= 0.6 is 11.8 Å². The minimum absolute atomic E-state index is 0.0533. The fourth-order valence-electron chi connectivity index (χ4n) is 3.21. The summed E-state index contributed by atoms with van der Waals surface area (Å²) >= 11 is 1.41. The first kappa shape index (κ1) is 18.7. The molecule has 3 aromatic rings. The number of ether oxygens (including phenoxy) is 1. The van der Waals surface area contributed by atoms with Gasteiger partial charge in [-0.3, -0.25) is 4.79 Å². The van der Waals surface area contributed by atoms with Crippen LogP contribution in [0.15, 0.2) is 53.6 Å². The van der Waals surface area contributed by atoms with E-state index >= 15 is 0 Å². The highest BCUT2D eigenvalue weighted by molar-refractivity contribution is 8.00. The second-order valence-electron chi connectivity index (χ2n) is 6.63. The zero-order chi connectivity index (χ0) is 19.3. The van der Waals surface area contributed by atoms with Crippen LogP contribution in [0.25, 0.3) is 10.8 Å². The third-order valence-electron chi connectivity index (χ3n) is 4.70. The maximum Gasteiger partial charge on any atom is 0.234 e. The van der Waals surface area contributed by atoms with Crippen molar-refractivity contribution in [3.05, 3.63) is 54.1 Å². The number of aromatic nitrogens is 2. The number of nitrogens with zero attached hydrogens (tertiary/aromatic N) is 3. The van der Waals surface area contributed by atoms with Gasteiger partial charge in [0.15, 0.2) is 5.82 Å². The highest BCUT2D eigenvalue weighted by Crippen LogP contribution is 2.31. The van der Waals surface area contributed by atoms with E-state index in [4.69, 9.17) is 4.74 Å². The van der Waals surface area contributed by atoms with E-state index in [-0.39, 0.29) is 11.7 Å². The number of amides is 1. The maximum atomic E-state index is 12.4. The van der Waals surface area contributed by atoms with Crippen LogP contribution < -0.4 is 10.2 Å². The molecule has 4 rings (SSSR count). The van der Waals surface area contributed by atoms with E-state index in [1.54, 1.807) is 0 Å². The number of nitrogens with one attached hydrogen (secondary N) is 1. The number of rotatable bonds is 5. The van der Waals surface area contributed by atoms with E-state index in [0.717, 1.165) is 46.0 Å². The Morgan fingerprint density at radius 1 is 1.07 bits per heavy atom. The number of anilines is 2. The molecular weight excluding hydrogens is 372 g/mol. The molecule has 1 amide bonds. The normalized spacial score (nSPS) is 14.2. The smallest absolute Gasteiger partial charge is 0.234 e. The summed E-state index contributed by atoms with van der Waals surface area (Å²) in [4.78, 5) is 14.6. The molecule has 1 aliphatic rings. The zero-order valence-corrected chi connectivity index (χ0v) is 16.5. The van der Waals surface area contributed by atoms with E-state index in [1.807, 2.05) is 49.4 Å². The summed E-state index contributed by atoms with van der Waals surface area (Å²) in [6.45, 7) is 5.00. The Morgan fingerprint density at radius 2 is 1.79 bits per heavy atom. The number of hydrogen-bond donors (Lipinski definition) is 1. The minimum Gasteiger partial charge on any atom is -0.378 e. The molecule has 0 saturated carbocycles. The first-order valence-corrected chi connectivity index (χ1v) is 10.3. The lowest BCUT2D eigenvalue weighted by Crippen LogP contribution is -2.37. The van der Waals surface area contributed by atoms with Crippen molar-refractivity contribution in [3.8, 4) is 0 Å². The van der Waals surface area contributed by atoms with Crippen molar-refractivity contribution >= 4 is 39.9 Å². The lowest BCUT2D eigenvalue weighted by molar-refractivity contribution is -0.113. The Bertz CT molecular complexity index is 989. The Labute approximate surface area is 168 Å². The van der Waals surface area contributed by atoms with Gasteiger partial charge in [-0.15, -0.1) is 10.2 Å². The molecule has 7 heteroatoms. The average Bonchev–Trinajstić information content (AvgIpc) is 2.74. The molecule has 0 radical (unpaired) electrons. The fraction of sp³-hybridized carbons (Fsp3) is 0.286. The Morgan fingerprint density at radius 3 is 2.57 bits per heavy atom. The van der Waals surface area contributed by atoms with Gasteiger partial charge in [0, 0.05) is 29.5 Å². The average molecular weight is 395 g/mol. The molecular formula is C21H22N4O2S. The number of carbonyl (C=O) groups is 1. The summed E-state index contributed by atoms with van der Waals surface area (Å²) < 4.78 is 5.44. The van der Waals surface area contributed by atoms with Gasteiger partial charge in [0.05, 0.1) is 19.0 Å². The van der Waals surface area contributed by atoms with E-state index < -0.39 is 0 Å². The molecule has 0 unspecified atom stereocenters. The summed E-state index contributed by atoms with van der Waals surface area (Å²) in [6, 6.07) is 15.9. The number of morpholine rings is 1. The first-order valence-electron chi connectivity index (χ1n) is 9.29. The SMILES string of the molecule is Cc1ccccc1NC(=O)CSc1nnc(N2CCOCC2)c2ccccc12. The van der Waals surface area contributed by atoms with Crippen LogP contribution in [-0.2, 0) is 9.53 Å². The number of benzene rings is 2. The summed E-state index contributed by atoms with van der Waals surface area (Å²) in [5, 5.41) is 14.7. The van der Waals surface area contributed by atoms with Crippen LogP contribution in [0.4, 0.5) is 11.5 Å². The van der Waals surface area contributed by atoms with Crippen LogP contribution in [0.1, 0.15) is 5.56 Å². The van der Waals surface area contributed by atoms with Gasteiger partial charge in [0.1, 0.15) is 5.03 Å². The number of hydrogen-bond acceptors (Lipinski definition) is 6. The summed E-state index contributed by atoms with van der Waals surface area (Å²) in [5.74, 6) is 1.11. The van der Waals surface area contributed by atoms with Gasteiger partial charge in [-0.2, -0.15) is 0 Å². The van der Waals surface area contributed by atoms with Gasteiger partial charge in [-0.05, 0) is 18.6 Å².